The number of benzene rings is 2. The second-order valence-electron chi connectivity index (χ2n) is 8.84. The Morgan fingerprint density at radius 3 is 2.10 bits per heavy atom. The topological polar surface area (TPSA) is 88.5 Å². The molecule has 0 unspecified atom stereocenters. The summed E-state index contributed by atoms with van der Waals surface area (Å²) >= 11 is 0. The average Bonchev–Trinajstić information content (AvgIpc) is 2.91. The van der Waals surface area contributed by atoms with Crippen LogP contribution in [-0.4, -0.2) is 36.9 Å². The van der Waals surface area contributed by atoms with Crippen molar-refractivity contribution in [1.29, 1.82) is 0 Å². The zero-order valence-electron chi connectivity index (χ0n) is 22.9. The van der Waals surface area contributed by atoms with Crippen LogP contribution in [0.5, 0.6) is 11.5 Å². The van der Waals surface area contributed by atoms with E-state index < -0.39 is 30.0 Å². The standard InChI is InChI=1S/C28H26F6N2O6/c1-16-17(2)35-18(3)23(25(16)41-26(37)38-4)14-39-15-24(20-7-11-22(12-8-20)42-28(32,33)34)36-40-13-19-5-9-21(10-6-19)27(29,30)31/h5-12H,13-15H2,1-4H3/b36-24-. The van der Waals surface area contributed by atoms with Gasteiger partial charge >= 0.3 is 18.7 Å². The second kappa shape index (κ2) is 13.6. The van der Waals surface area contributed by atoms with Gasteiger partial charge in [-0.05, 0) is 62.7 Å². The van der Waals surface area contributed by atoms with E-state index in [1.165, 1.54) is 24.3 Å². The molecule has 0 saturated heterocycles. The Morgan fingerprint density at radius 2 is 1.52 bits per heavy atom. The van der Waals surface area contributed by atoms with Crippen LogP contribution in [0.4, 0.5) is 31.1 Å². The highest BCUT2D eigenvalue weighted by Gasteiger charge is 2.31. The Labute approximate surface area is 236 Å². The van der Waals surface area contributed by atoms with Gasteiger partial charge in [-0.3, -0.25) is 4.98 Å². The van der Waals surface area contributed by atoms with Crippen molar-refractivity contribution in [1.82, 2.24) is 4.98 Å². The van der Waals surface area contributed by atoms with Crippen LogP contribution in [0.25, 0.3) is 0 Å². The van der Waals surface area contributed by atoms with Crippen molar-refractivity contribution in [2.75, 3.05) is 13.7 Å². The molecule has 14 heteroatoms. The lowest BCUT2D eigenvalue weighted by atomic mass is 10.1. The van der Waals surface area contributed by atoms with Crippen LogP contribution in [-0.2, 0) is 33.7 Å². The van der Waals surface area contributed by atoms with Crippen molar-refractivity contribution in [2.45, 2.75) is 46.5 Å². The fourth-order valence-corrected chi connectivity index (χ4v) is 3.63. The number of carbonyl (C=O) groups excluding carboxylic acids is 1. The first-order valence-corrected chi connectivity index (χ1v) is 12.2. The molecule has 0 spiro atoms. The first kappa shape index (κ1) is 32.2. The van der Waals surface area contributed by atoms with Gasteiger partial charge in [0.2, 0.25) is 0 Å². The molecule has 0 amide bonds. The molecule has 0 aliphatic heterocycles. The Bertz CT molecular complexity index is 1400. The number of aryl methyl sites for hydroxylation is 2. The lowest BCUT2D eigenvalue weighted by Gasteiger charge is -2.16. The lowest BCUT2D eigenvalue weighted by Crippen LogP contribution is -2.17. The fraction of sp³-hybridized carbons (Fsp3) is 0.321. The van der Waals surface area contributed by atoms with Gasteiger partial charge in [-0.25, -0.2) is 4.79 Å². The van der Waals surface area contributed by atoms with Crippen LogP contribution in [0.2, 0.25) is 0 Å². The first-order valence-electron chi connectivity index (χ1n) is 12.2. The minimum absolute atomic E-state index is 0.112. The van der Waals surface area contributed by atoms with Gasteiger partial charge in [-0.15, -0.1) is 13.2 Å². The van der Waals surface area contributed by atoms with Crippen molar-refractivity contribution >= 4 is 11.9 Å². The van der Waals surface area contributed by atoms with Gasteiger partial charge in [0.25, 0.3) is 0 Å². The largest absolute Gasteiger partial charge is 0.573 e. The molecule has 3 rings (SSSR count). The number of hydrogen-bond donors (Lipinski definition) is 0. The van der Waals surface area contributed by atoms with E-state index in [1.807, 2.05) is 0 Å². The average molecular weight is 601 g/mol. The summed E-state index contributed by atoms with van der Waals surface area (Å²) in [6, 6.07) is 9.03. The number of aromatic nitrogens is 1. The fourth-order valence-electron chi connectivity index (χ4n) is 3.63. The molecule has 0 aliphatic carbocycles. The summed E-state index contributed by atoms with van der Waals surface area (Å²) in [7, 11) is 1.16. The van der Waals surface area contributed by atoms with E-state index in [9.17, 15) is 31.1 Å². The summed E-state index contributed by atoms with van der Waals surface area (Å²) in [6.45, 7) is 4.60. The molecule has 1 heterocycles. The third-order valence-electron chi connectivity index (χ3n) is 5.88. The van der Waals surface area contributed by atoms with Crippen molar-refractivity contribution in [3.8, 4) is 11.5 Å². The van der Waals surface area contributed by atoms with Gasteiger partial charge in [0.1, 0.15) is 23.8 Å². The molecule has 0 bridgehead atoms. The number of hydrogen-bond acceptors (Lipinski definition) is 8. The van der Waals surface area contributed by atoms with Gasteiger partial charge in [-0.2, -0.15) is 13.2 Å². The van der Waals surface area contributed by atoms with Gasteiger partial charge in [0.15, 0.2) is 0 Å². The normalized spacial score (nSPS) is 12.2. The number of halogens is 6. The molecule has 0 saturated carbocycles. The summed E-state index contributed by atoms with van der Waals surface area (Å²) in [5.74, 6) is -0.254. The van der Waals surface area contributed by atoms with Gasteiger partial charge in [0.05, 0.1) is 25.9 Å². The Hall–Kier alpha value is -4.33. The molecule has 1 aromatic heterocycles. The molecule has 226 valence electrons. The minimum Gasteiger partial charge on any atom is -0.437 e. The van der Waals surface area contributed by atoms with E-state index in [0.29, 0.717) is 33.6 Å². The maximum absolute atomic E-state index is 12.8. The van der Waals surface area contributed by atoms with Crippen molar-refractivity contribution in [3.05, 3.63) is 87.7 Å². The summed E-state index contributed by atoms with van der Waals surface area (Å²) in [4.78, 5) is 21.6. The highest BCUT2D eigenvalue weighted by Crippen LogP contribution is 2.30. The van der Waals surface area contributed by atoms with E-state index in [4.69, 9.17) is 14.3 Å². The van der Waals surface area contributed by atoms with E-state index in [0.717, 1.165) is 31.4 Å². The second-order valence-corrected chi connectivity index (χ2v) is 8.84. The molecule has 0 N–H and O–H groups in total. The maximum Gasteiger partial charge on any atom is 0.573 e. The quantitative estimate of drug-likeness (QED) is 0.105. The Balaban J connectivity index is 1.81. The van der Waals surface area contributed by atoms with E-state index in [-0.39, 0.29) is 31.3 Å². The number of pyridine rings is 1. The number of rotatable bonds is 10. The highest BCUT2D eigenvalue weighted by atomic mass is 19.4. The number of alkyl halides is 6. The third kappa shape index (κ3) is 9.09. The molecule has 0 aliphatic rings. The Kier molecular flexibility index (Phi) is 10.4. The van der Waals surface area contributed by atoms with Crippen molar-refractivity contribution < 1.29 is 54.9 Å². The molecular formula is C28H26F6N2O6. The zero-order valence-corrected chi connectivity index (χ0v) is 22.9. The molecule has 2 aromatic carbocycles. The summed E-state index contributed by atoms with van der Waals surface area (Å²) < 4.78 is 95.8. The smallest absolute Gasteiger partial charge is 0.437 e. The predicted octanol–water partition coefficient (Wildman–Crippen LogP) is 7.21. The SMILES string of the molecule is COC(=O)Oc1c(C)c(C)nc(C)c1COC/C(=N/OCc1ccc(C(F)(F)F)cc1)c1ccc(OC(F)(F)F)cc1. The number of ether oxygens (including phenoxy) is 4. The van der Waals surface area contributed by atoms with Crippen molar-refractivity contribution in [3.63, 3.8) is 0 Å². The molecule has 42 heavy (non-hydrogen) atoms. The van der Waals surface area contributed by atoms with Crippen LogP contribution in [0.3, 0.4) is 0 Å². The lowest BCUT2D eigenvalue weighted by molar-refractivity contribution is -0.274. The predicted molar refractivity (Wildman–Crippen MR) is 137 cm³/mol. The number of oxime groups is 1. The monoisotopic (exact) mass is 600 g/mol. The first-order chi connectivity index (χ1) is 19.7. The van der Waals surface area contributed by atoms with Crippen LogP contribution >= 0.6 is 0 Å². The van der Waals surface area contributed by atoms with E-state index in [1.54, 1.807) is 20.8 Å². The molecule has 0 radical (unpaired) electrons. The maximum atomic E-state index is 12.8. The van der Waals surface area contributed by atoms with Gasteiger partial charge in [0, 0.05) is 28.1 Å². The molecule has 8 nitrogen and oxygen atoms in total. The Morgan fingerprint density at radius 1 is 0.881 bits per heavy atom. The summed E-state index contributed by atoms with van der Waals surface area (Å²) in [5, 5.41) is 4.02. The molecule has 0 atom stereocenters. The zero-order chi connectivity index (χ0) is 31.1. The van der Waals surface area contributed by atoms with Crippen LogP contribution in [0.1, 0.15) is 39.2 Å². The van der Waals surface area contributed by atoms with E-state index >= 15 is 0 Å². The summed E-state index contributed by atoms with van der Waals surface area (Å²) in [5.41, 5.74) is 2.20. The molecular weight excluding hydrogens is 574 g/mol. The summed E-state index contributed by atoms with van der Waals surface area (Å²) in [6.07, 6.45) is -10.3. The number of methoxy groups -OCH3 is 1. The van der Waals surface area contributed by atoms with Gasteiger partial charge < -0.3 is 23.8 Å². The van der Waals surface area contributed by atoms with Crippen LogP contribution in [0, 0.1) is 20.8 Å². The van der Waals surface area contributed by atoms with Crippen LogP contribution < -0.4 is 9.47 Å². The van der Waals surface area contributed by atoms with E-state index in [2.05, 4.69) is 19.6 Å². The third-order valence-corrected chi connectivity index (χ3v) is 5.88. The highest BCUT2D eigenvalue weighted by molar-refractivity contribution is 6.01. The minimum atomic E-state index is -4.88. The van der Waals surface area contributed by atoms with Gasteiger partial charge in [-0.1, -0.05) is 17.3 Å². The molecule has 3 aromatic rings. The van der Waals surface area contributed by atoms with Crippen LogP contribution in [0.15, 0.2) is 53.7 Å². The van der Waals surface area contributed by atoms with Crippen molar-refractivity contribution in [2.24, 2.45) is 5.16 Å². The number of nitrogens with zero attached hydrogens (tertiary/aromatic N) is 2. The molecule has 0 fully saturated rings. The number of carbonyl (C=O) groups is 1.